The summed E-state index contributed by atoms with van der Waals surface area (Å²) in [5.41, 5.74) is 3.42. The Morgan fingerprint density at radius 2 is 1.88 bits per heavy atom. The zero-order valence-electron chi connectivity index (χ0n) is 16.3. The number of alkyl halides is 3. The maximum absolute atomic E-state index is 12.3. The van der Waals surface area contributed by atoms with Gasteiger partial charge >= 0.3 is 12.2 Å². The zero-order valence-corrected chi connectivity index (χ0v) is 17.1. The summed E-state index contributed by atoms with van der Waals surface area (Å²) in [5.74, 6) is -0.251. The molecule has 1 aromatic carbocycles. The molecular weight excluding hydrogens is 447 g/mol. The lowest BCUT2D eigenvalue weighted by atomic mass is 10.1. The molecule has 0 saturated heterocycles. The highest BCUT2D eigenvalue weighted by molar-refractivity contribution is 5.96. The van der Waals surface area contributed by atoms with E-state index in [9.17, 15) is 22.8 Å². The van der Waals surface area contributed by atoms with Crippen molar-refractivity contribution in [3.8, 4) is 11.3 Å². The highest BCUT2D eigenvalue weighted by Crippen LogP contribution is 2.24. The third kappa shape index (κ3) is 5.27. The SMILES string of the molecule is Cl.O=C(NCC(F)(F)F)Nc1cccc(-c2cnc3cc(C(=O)NC4=CC=C4)ccn23)c1. The molecule has 0 atom stereocenters. The van der Waals surface area contributed by atoms with Crippen LogP contribution in [0.3, 0.4) is 0 Å². The normalized spacial score (nSPS) is 12.4. The van der Waals surface area contributed by atoms with Crippen LogP contribution in [-0.2, 0) is 0 Å². The van der Waals surface area contributed by atoms with Crippen LogP contribution in [0, 0.1) is 0 Å². The first-order chi connectivity index (χ1) is 14.8. The number of nitrogens with zero attached hydrogens (tertiary/aromatic N) is 2. The molecule has 0 bridgehead atoms. The van der Waals surface area contributed by atoms with Crippen LogP contribution in [0.2, 0.25) is 0 Å². The second-order valence-electron chi connectivity index (χ2n) is 6.73. The summed E-state index contributed by atoms with van der Waals surface area (Å²) in [4.78, 5) is 28.3. The van der Waals surface area contributed by atoms with Gasteiger partial charge in [-0.15, -0.1) is 12.4 Å². The van der Waals surface area contributed by atoms with E-state index >= 15 is 0 Å². The Bertz CT molecular complexity index is 1230. The molecule has 3 amide bonds. The van der Waals surface area contributed by atoms with Crippen molar-refractivity contribution in [3.05, 3.63) is 78.3 Å². The van der Waals surface area contributed by atoms with Gasteiger partial charge in [-0.1, -0.05) is 18.2 Å². The zero-order chi connectivity index (χ0) is 22.0. The fourth-order valence-corrected chi connectivity index (χ4v) is 2.93. The maximum atomic E-state index is 12.3. The van der Waals surface area contributed by atoms with E-state index in [2.05, 4.69) is 15.6 Å². The molecule has 0 saturated carbocycles. The molecule has 3 N–H and O–H groups in total. The molecule has 0 spiro atoms. The predicted octanol–water partition coefficient (Wildman–Crippen LogP) is 4.29. The van der Waals surface area contributed by atoms with Crippen LogP contribution >= 0.6 is 12.4 Å². The number of carbonyl (C=O) groups excluding carboxylic acids is 2. The van der Waals surface area contributed by atoms with Crippen LogP contribution in [0.25, 0.3) is 16.9 Å². The van der Waals surface area contributed by atoms with Gasteiger partial charge in [0.05, 0.1) is 11.9 Å². The highest BCUT2D eigenvalue weighted by atomic mass is 35.5. The van der Waals surface area contributed by atoms with Gasteiger partial charge in [0.15, 0.2) is 0 Å². The van der Waals surface area contributed by atoms with E-state index in [0.717, 1.165) is 5.70 Å². The Labute approximate surface area is 186 Å². The average Bonchev–Trinajstić information content (AvgIpc) is 3.12. The highest BCUT2D eigenvalue weighted by Gasteiger charge is 2.27. The van der Waals surface area contributed by atoms with Crippen molar-refractivity contribution < 1.29 is 22.8 Å². The predicted molar refractivity (Wildman–Crippen MR) is 116 cm³/mol. The molecule has 7 nitrogen and oxygen atoms in total. The van der Waals surface area contributed by atoms with E-state index < -0.39 is 18.8 Å². The molecule has 11 heteroatoms. The van der Waals surface area contributed by atoms with Crippen LogP contribution < -0.4 is 16.0 Å². The molecule has 32 heavy (non-hydrogen) atoms. The first-order valence-corrected chi connectivity index (χ1v) is 9.17. The Morgan fingerprint density at radius 3 is 2.56 bits per heavy atom. The minimum absolute atomic E-state index is 0. The molecule has 0 radical (unpaired) electrons. The Hall–Kier alpha value is -3.79. The number of imidazole rings is 1. The number of urea groups is 1. The van der Waals surface area contributed by atoms with E-state index in [-0.39, 0.29) is 18.3 Å². The molecule has 0 unspecified atom stereocenters. The van der Waals surface area contributed by atoms with Gasteiger partial charge in [0, 0.05) is 28.7 Å². The van der Waals surface area contributed by atoms with E-state index in [1.807, 2.05) is 6.08 Å². The monoisotopic (exact) mass is 463 g/mol. The first-order valence-electron chi connectivity index (χ1n) is 9.17. The minimum atomic E-state index is -4.49. The number of amides is 3. The van der Waals surface area contributed by atoms with E-state index in [0.29, 0.717) is 28.2 Å². The molecule has 166 valence electrons. The van der Waals surface area contributed by atoms with Crippen molar-refractivity contribution in [1.82, 2.24) is 20.0 Å². The minimum Gasteiger partial charge on any atom is -0.329 e. The maximum Gasteiger partial charge on any atom is 0.405 e. The van der Waals surface area contributed by atoms with Crippen molar-refractivity contribution >= 4 is 35.7 Å². The molecular formula is C21H17ClF3N5O2. The van der Waals surface area contributed by atoms with Crippen LogP contribution in [-0.4, -0.2) is 34.0 Å². The summed E-state index contributed by atoms with van der Waals surface area (Å²) < 4.78 is 38.5. The van der Waals surface area contributed by atoms with E-state index in [4.69, 9.17) is 0 Å². The van der Waals surface area contributed by atoms with Crippen LogP contribution in [0.5, 0.6) is 0 Å². The number of halogens is 4. The molecule has 4 rings (SSSR count). The number of pyridine rings is 1. The Kier molecular flexibility index (Phi) is 6.54. The van der Waals surface area contributed by atoms with E-state index in [1.54, 1.807) is 70.7 Å². The topological polar surface area (TPSA) is 87.5 Å². The Balaban J connectivity index is 0.00000289. The molecule has 0 fully saturated rings. The summed E-state index contributed by atoms with van der Waals surface area (Å²) in [6.07, 6.45) is 4.22. The number of nitrogens with one attached hydrogen (secondary N) is 3. The van der Waals surface area contributed by atoms with Gasteiger partial charge in [-0.2, -0.15) is 13.2 Å². The summed E-state index contributed by atoms with van der Waals surface area (Å²) in [6, 6.07) is 8.96. The number of benzene rings is 1. The van der Waals surface area contributed by atoms with Gasteiger partial charge in [0.1, 0.15) is 12.2 Å². The summed E-state index contributed by atoms with van der Waals surface area (Å²) >= 11 is 0. The largest absolute Gasteiger partial charge is 0.405 e. The fraction of sp³-hybridized carbons (Fsp3) is 0.0952. The van der Waals surface area contributed by atoms with E-state index in [1.165, 1.54) is 0 Å². The van der Waals surface area contributed by atoms with Gasteiger partial charge < -0.3 is 16.0 Å². The van der Waals surface area contributed by atoms with Crippen molar-refractivity contribution in [2.45, 2.75) is 6.18 Å². The van der Waals surface area contributed by atoms with Crippen molar-refractivity contribution in [2.24, 2.45) is 0 Å². The lowest BCUT2D eigenvalue weighted by molar-refractivity contribution is -0.122. The smallest absolute Gasteiger partial charge is 0.329 e. The number of hydrogen-bond donors (Lipinski definition) is 3. The van der Waals surface area contributed by atoms with Gasteiger partial charge in [0.25, 0.3) is 5.91 Å². The second kappa shape index (κ2) is 9.15. The van der Waals surface area contributed by atoms with Gasteiger partial charge in [-0.3, -0.25) is 9.20 Å². The molecule has 2 aromatic heterocycles. The standard InChI is InChI=1S/C21H16F3N5O2.ClH/c22-21(23,24)12-26-20(31)28-16-6-1-3-13(9-16)17-11-25-18-10-14(7-8-29(17)18)19(30)27-15-4-2-5-15;/h1-11H,12H2,(H,27,30)(H2,26,28,31);1H. The van der Waals surface area contributed by atoms with Gasteiger partial charge in [0.2, 0.25) is 0 Å². The molecule has 1 aliphatic carbocycles. The number of anilines is 1. The third-order valence-electron chi connectivity index (χ3n) is 4.45. The van der Waals surface area contributed by atoms with Gasteiger partial charge in [-0.25, -0.2) is 9.78 Å². The van der Waals surface area contributed by atoms with Crippen LogP contribution in [0.15, 0.2) is 72.7 Å². The summed E-state index contributed by atoms with van der Waals surface area (Å²) in [7, 11) is 0. The lowest BCUT2D eigenvalue weighted by Crippen LogP contribution is -2.36. The summed E-state index contributed by atoms with van der Waals surface area (Å²) in [6.45, 7) is -1.42. The van der Waals surface area contributed by atoms with Crippen molar-refractivity contribution in [3.63, 3.8) is 0 Å². The molecule has 0 aliphatic heterocycles. The fourth-order valence-electron chi connectivity index (χ4n) is 2.93. The second-order valence-corrected chi connectivity index (χ2v) is 6.73. The first kappa shape index (κ1) is 22.9. The Morgan fingerprint density at radius 1 is 1.09 bits per heavy atom. The van der Waals surface area contributed by atoms with Crippen LogP contribution in [0.1, 0.15) is 10.4 Å². The van der Waals surface area contributed by atoms with Gasteiger partial charge in [-0.05, 0) is 36.4 Å². The number of fused-ring (bicyclic) bond motifs is 1. The molecule has 2 heterocycles. The average molecular weight is 464 g/mol. The van der Waals surface area contributed by atoms with Crippen molar-refractivity contribution in [2.75, 3.05) is 11.9 Å². The van der Waals surface area contributed by atoms with Crippen molar-refractivity contribution in [1.29, 1.82) is 0 Å². The number of hydrogen-bond acceptors (Lipinski definition) is 3. The third-order valence-corrected chi connectivity index (χ3v) is 4.45. The quantitative estimate of drug-likeness (QED) is 0.527. The molecule has 3 aromatic rings. The summed E-state index contributed by atoms with van der Waals surface area (Å²) in [5, 5.41) is 6.89. The lowest BCUT2D eigenvalue weighted by Gasteiger charge is -2.11. The molecule has 1 aliphatic rings. The number of carbonyl (C=O) groups is 2. The number of aromatic nitrogens is 2. The number of allylic oxidation sites excluding steroid dienone is 3. The number of rotatable bonds is 5. The van der Waals surface area contributed by atoms with Crippen LogP contribution in [0.4, 0.5) is 23.7 Å².